The summed E-state index contributed by atoms with van der Waals surface area (Å²) in [5, 5.41) is 10.8. The second-order valence-electron chi connectivity index (χ2n) is 9.09. The summed E-state index contributed by atoms with van der Waals surface area (Å²) in [7, 11) is 0. The van der Waals surface area contributed by atoms with Crippen molar-refractivity contribution in [2.45, 2.75) is 20.0 Å². The maximum absolute atomic E-state index is 13.0. The third-order valence-corrected chi connectivity index (χ3v) is 6.73. The molecule has 4 heterocycles. The molecule has 6 rings (SSSR count). The summed E-state index contributed by atoms with van der Waals surface area (Å²) in [4.78, 5) is 17.7. The van der Waals surface area contributed by atoms with Crippen molar-refractivity contribution in [3.8, 4) is 23.0 Å². The van der Waals surface area contributed by atoms with E-state index in [0.29, 0.717) is 34.7 Å². The number of carbonyl (C=O) groups excluding carboxylic acids is 1. The van der Waals surface area contributed by atoms with Crippen molar-refractivity contribution in [2.24, 2.45) is 0 Å². The summed E-state index contributed by atoms with van der Waals surface area (Å²) in [6.07, 6.45) is 3.14. The summed E-state index contributed by atoms with van der Waals surface area (Å²) in [5.41, 5.74) is 3.05. The topological polar surface area (TPSA) is 84.6 Å². The SMILES string of the molecule is Cc1cc(O)c(CN2CCN(Cc3ccc4c(c3)OCO4)CC2)c2c1C(=O)/C(=C/c1ccco1)O2. The first-order valence-corrected chi connectivity index (χ1v) is 11.7. The summed E-state index contributed by atoms with van der Waals surface area (Å²) in [6, 6.07) is 11.3. The van der Waals surface area contributed by atoms with Gasteiger partial charge >= 0.3 is 0 Å². The van der Waals surface area contributed by atoms with Crippen LogP contribution in [0.3, 0.4) is 0 Å². The Balaban J connectivity index is 1.14. The van der Waals surface area contributed by atoms with E-state index in [9.17, 15) is 9.90 Å². The van der Waals surface area contributed by atoms with Crippen LogP contribution in [0, 0.1) is 6.92 Å². The van der Waals surface area contributed by atoms with E-state index in [-0.39, 0.29) is 24.1 Å². The molecule has 35 heavy (non-hydrogen) atoms. The van der Waals surface area contributed by atoms with Crippen LogP contribution in [0.25, 0.3) is 6.08 Å². The lowest BCUT2D eigenvalue weighted by Crippen LogP contribution is -2.45. The number of aromatic hydroxyl groups is 1. The van der Waals surface area contributed by atoms with Crippen LogP contribution in [-0.2, 0) is 13.1 Å². The molecular formula is C27H26N2O6. The number of piperazine rings is 1. The van der Waals surface area contributed by atoms with Crippen LogP contribution in [0.4, 0.5) is 0 Å². The first-order valence-electron chi connectivity index (χ1n) is 11.7. The normalized spacial score (nSPS) is 18.8. The number of phenolic OH excluding ortho intramolecular Hbond substituents is 1. The maximum atomic E-state index is 13.0. The van der Waals surface area contributed by atoms with E-state index in [1.807, 2.05) is 19.1 Å². The molecule has 0 radical (unpaired) electrons. The number of hydrogen-bond acceptors (Lipinski definition) is 8. The number of Topliss-reactive ketones (excluding diaryl/α,β-unsaturated/α-hetero) is 1. The molecule has 0 aliphatic carbocycles. The molecule has 180 valence electrons. The van der Waals surface area contributed by atoms with Crippen molar-refractivity contribution >= 4 is 11.9 Å². The van der Waals surface area contributed by atoms with Gasteiger partial charge in [-0.25, -0.2) is 0 Å². The second kappa shape index (κ2) is 8.79. The van der Waals surface area contributed by atoms with E-state index in [1.165, 1.54) is 5.56 Å². The Kier molecular flexibility index (Phi) is 5.47. The quantitative estimate of drug-likeness (QED) is 0.557. The Labute approximate surface area is 202 Å². The molecule has 3 aliphatic heterocycles. The van der Waals surface area contributed by atoms with Gasteiger partial charge in [-0.3, -0.25) is 14.6 Å². The number of allylic oxidation sites excluding steroid dienone is 1. The monoisotopic (exact) mass is 474 g/mol. The lowest BCUT2D eigenvalue weighted by Gasteiger charge is -2.35. The fourth-order valence-corrected chi connectivity index (χ4v) is 4.86. The zero-order valence-corrected chi connectivity index (χ0v) is 19.5. The predicted molar refractivity (Wildman–Crippen MR) is 128 cm³/mol. The Hall–Kier alpha value is -3.75. The van der Waals surface area contributed by atoms with Gasteiger partial charge in [0.15, 0.2) is 17.3 Å². The first kappa shape index (κ1) is 21.8. The van der Waals surface area contributed by atoms with Crippen molar-refractivity contribution in [1.29, 1.82) is 0 Å². The molecule has 3 aromatic rings. The van der Waals surface area contributed by atoms with Crippen molar-refractivity contribution in [2.75, 3.05) is 33.0 Å². The molecular weight excluding hydrogens is 448 g/mol. The highest BCUT2D eigenvalue weighted by atomic mass is 16.7. The maximum Gasteiger partial charge on any atom is 0.232 e. The average Bonchev–Trinajstić information content (AvgIpc) is 3.59. The zero-order chi connectivity index (χ0) is 23.9. The molecule has 0 amide bonds. The van der Waals surface area contributed by atoms with Crippen molar-refractivity contribution in [3.05, 3.63) is 76.4 Å². The Bertz CT molecular complexity index is 1310. The van der Waals surface area contributed by atoms with Crippen LogP contribution >= 0.6 is 0 Å². The van der Waals surface area contributed by atoms with Gasteiger partial charge in [0.2, 0.25) is 12.6 Å². The minimum atomic E-state index is -0.191. The van der Waals surface area contributed by atoms with Crippen molar-refractivity contribution in [1.82, 2.24) is 9.80 Å². The van der Waals surface area contributed by atoms with Gasteiger partial charge in [0.1, 0.15) is 17.3 Å². The van der Waals surface area contributed by atoms with Gasteiger partial charge in [-0.2, -0.15) is 0 Å². The highest BCUT2D eigenvalue weighted by molar-refractivity contribution is 6.15. The second-order valence-corrected chi connectivity index (χ2v) is 9.09. The zero-order valence-electron chi connectivity index (χ0n) is 19.5. The van der Waals surface area contributed by atoms with Crippen LogP contribution in [0.2, 0.25) is 0 Å². The number of benzene rings is 2. The number of aryl methyl sites for hydroxylation is 1. The highest BCUT2D eigenvalue weighted by Gasteiger charge is 2.34. The summed E-state index contributed by atoms with van der Waals surface area (Å²) < 4.78 is 22.2. The van der Waals surface area contributed by atoms with E-state index in [0.717, 1.165) is 44.2 Å². The number of fused-ring (bicyclic) bond motifs is 2. The van der Waals surface area contributed by atoms with Gasteiger partial charge in [0, 0.05) is 45.3 Å². The number of phenols is 1. The molecule has 8 heteroatoms. The molecule has 0 saturated carbocycles. The summed E-state index contributed by atoms with van der Waals surface area (Å²) in [6.45, 7) is 6.92. The van der Waals surface area contributed by atoms with Gasteiger partial charge in [0.05, 0.1) is 17.4 Å². The molecule has 1 saturated heterocycles. The van der Waals surface area contributed by atoms with E-state index < -0.39 is 0 Å². The molecule has 8 nitrogen and oxygen atoms in total. The largest absolute Gasteiger partial charge is 0.507 e. The Morgan fingerprint density at radius 1 is 1.00 bits per heavy atom. The Morgan fingerprint density at radius 2 is 1.77 bits per heavy atom. The first-order chi connectivity index (χ1) is 17.0. The number of carbonyl (C=O) groups is 1. The van der Waals surface area contributed by atoms with E-state index in [4.69, 9.17) is 18.6 Å². The minimum absolute atomic E-state index is 0.149. The van der Waals surface area contributed by atoms with Gasteiger partial charge in [0.25, 0.3) is 0 Å². The number of rotatable bonds is 5. The number of ketones is 1. The van der Waals surface area contributed by atoms with E-state index in [2.05, 4.69) is 15.9 Å². The summed E-state index contributed by atoms with van der Waals surface area (Å²) >= 11 is 0. The van der Waals surface area contributed by atoms with Crippen LogP contribution < -0.4 is 14.2 Å². The standard InChI is InChI=1S/C27H26N2O6/c1-17-11-21(30)20(27-25(17)26(31)24(35-27)13-19-3-2-10-32-19)15-29-8-6-28(7-9-29)14-18-4-5-22-23(12-18)34-16-33-22/h2-5,10-13,30H,6-9,14-16H2,1H3/b24-13-. The summed E-state index contributed by atoms with van der Waals surface area (Å²) in [5.74, 6) is 2.77. The molecule has 0 unspecified atom stereocenters. The van der Waals surface area contributed by atoms with Crippen LogP contribution in [-0.4, -0.2) is 53.7 Å². The lowest BCUT2D eigenvalue weighted by molar-refractivity contribution is 0.101. The lowest BCUT2D eigenvalue weighted by atomic mass is 9.99. The predicted octanol–water partition coefficient (Wildman–Crippen LogP) is 3.96. The van der Waals surface area contributed by atoms with Gasteiger partial charge in [-0.05, 0) is 48.4 Å². The van der Waals surface area contributed by atoms with Crippen LogP contribution in [0.1, 0.15) is 32.8 Å². The molecule has 0 atom stereocenters. The molecule has 0 spiro atoms. The number of hydrogen-bond donors (Lipinski definition) is 1. The fourth-order valence-electron chi connectivity index (χ4n) is 4.86. The highest BCUT2D eigenvalue weighted by Crippen LogP contribution is 2.42. The third kappa shape index (κ3) is 4.15. The third-order valence-electron chi connectivity index (χ3n) is 6.73. The minimum Gasteiger partial charge on any atom is -0.507 e. The van der Waals surface area contributed by atoms with Gasteiger partial charge in [-0.15, -0.1) is 0 Å². The Morgan fingerprint density at radius 3 is 2.54 bits per heavy atom. The van der Waals surface area contributed by atoms with Crippen molar-refractivity contribution < 1.29 is 28.5 Å². The van der Waals surface area contributed by atoms with E-state index in [1.54, 1.807) is 30.5 Å². The molecule has 0 bridgehead atoms. The average molecular weight is 475 g/mol. The van der Waals surface area contributed by atoms with Gasteiger partial charge in [-0.1, -0.05) is 6.07 Å². The molecule has 2 aromatic carbocycles. The van der Waals surface area contributed by atoms with Gasteiger partial charge < -0.3 is 23.7 Å². The van der Waals surface area contributed by atoms with E-state index >= 15 is 0 Å². The van der Waals surface area contributed by atoms with Crippen molar-refractivity contribution in [3.63, 3.8) is 0 Å². The van der Waals surface area contributed by atoms with Crippen LogP contribution in [0.15, 0.2) is 52.8 Å². The number of furan rings is 1. The smallest absolute Gasteiger partial charge is 0.232 e. The number of ether oxygens (including phenoxy) is 3. The molecule has 3 aliphatic rings. The molecule has 1 N–H and O–H groups in total. The molecule has 1 aromatic heterocycles. The fraction of sp³-hybridized carbons (Fsp3) is 0.296. The van der Waals surface area contributed by atoms with Crippen LogP contribution in [0.5, 0.6) is 23.0 Å². The molecule has 1 fully saturated rings. The number of nitrogens with zero attached hydrogens (tertiary/aromatic N) is 2.